The highest BCUT2D eigenvalue weighted by molar-refractivity contribution is 7.87. The van der Waals surface area contributed by atoms with Crippen LogP contribution in [0.15, 0.2) is 0 Å². The van der Waals surface area contributed by atoms with Gasteiger partial charge in [0.2, 0.25) is 0 Å². The van der Waals surface area contributed by atoms with Crippen molar-refractivity contribution in [3.05, 3.63) is 0 Å². The van der Waals surface area contributed by atoms with E-state index < -0.39 is 34.1 Å². The monoisotopic (exact) mass is 300 g/mol. The third-order valence-corrected chi connectivity index (χ3v) is 2.11. The Bertz CT molecular complexity index is 345. The summed E-state index contributed by atoms with van der Waals surface area (Å²) in [5, 5.41) is 0. The molecular weight excluding hydrogens is 299 g/mol. The Morgan fingerprint density at radius 3 is 1.24 bits per heavy atom. The van der Waals surface area contributed by atoms with Crippen LogP contribution in [0, 0.1) is 0 Å². The van der Waals surface area contributed by atoms with Gasteiger partial charge in [-0.15, -0.1) is 0 Å². The third-order valence-electron chi connectivity index (χ3n) is 1.10. The van der Waals surface area contributed by atoms with Crippen LogP contribution in [0.3, 0.4) is 0 Å². The van der Waals surface area contributed by atoms with E-state index in [-0.39, 0.29) is 0 Å². The molecule has 0 fully saturated rings. The number of hydrogen-bond acceptors (Lipinski definition) is 3. The fourth-order valence-corrected chi connectivity index (χ4v) is 1.06. The van der Waals surface area contributed by atoms with E-state index in [4.69, 9.17) is 0 Å². The Morgan fingerprint density at radius 1 is 0.765 bits per heavy atom. The third kappa shape index (κ3) is 4.22. The zero-order valence-electron chi connectivity index (χ0n) is 7.11. The van der Waals surface area contributed by atoms with Crippen molar-refractivity contribution in [3.8, 4) is 0 Å². The Labute approximate surface area is 87.3 Å². The van der Waals surface area contributed by atoms with E-state index >= 15 is 0 Å². The molecule has 0 unspecified atom stereocenters. The molecule has 0 radical (unpaired) electrons. The maximum Gasteiger partial charge on any atom is 0.523 e. The first-order valence-corrected chi connectivity index (χ1v) is 4.63. The molecule has 0 aliphatic heterocycles. The Kier molecular flexibility index (Phi) is 4.01. The van der Waals surface area contributed by atoms with Crippen LogP contribution in [-0.4, -0.2) is 32.4 Å². The summed E-state index contributed by atoms with van der Waals surface area (Å²) >= 11 is 0. The SMILES string of the molecule is O=S(=O)(OC(C(F)(F)F)C(F)(F)F)C(F)(F)F. The molecule has 0 rings (SSSR count). The second kappa shape index (κ2) is 4.19. The topological polar surface area (TPSA) is 43.4 Å². The van der Waals surface area contributed by atoms with Crippen molar-refractivity contribution in [2.45, 2.75) is 24.0 Å². The predicted octanol–water partition coefficient (Wildman–Crippen LogP) is 2.35. The number of alkyl halides is 9. The first-order chi connectivity index (χ1) is 7.09. The van der Waals surface area contributed by atoms with E-state index in [2.05, 4.69) is 4.18 Å². The highest BCUT2D eigenvalue weighted by atomic mass is 32.2. The first-order valence-electron chi connectivity index (χ1n) is 3.22. The van der Waals surface area contributed by atoms with E-state index in [0.717, 1.165) is 0 Å². The van der Waals surface area contributed by atoms with Gasteiger partial charge in [0, 0.05) is 0 Å². The summed E-state index contributed by atoms with van der Waals surface area (Å²) in [6, 6.07) is 0. The summed E-state index contributed by atoms with van der Waals surface area (Å²) in [6.07, 6.45) is -17.8. The highest BCUT2D eigenvalue weighted by Crippen LogP contribution is 2.39. The van der Waals surface area contributed by atoms with Gasteiger partial charge in [-0.3, -0.25) is 0 Å². The highest BCUT2D eigenvalue weighted by Gasteiger charge is 2.63. The van der Waals surface area contributed by atoms with E-state index in [1.54, 1.807) is 0 Å². The average Bonchev–Trinajstić information content (AvgIpc) is 1.93. The summed E-state index contributed by atoms with van der Waals surface area (Å²) in [6.45, 7) is 0. The van der Waals surface area contributed by atoms with Crippen molar-refractivity contribution in [1.82, 2.24) is 0 Å². The Balaban J connectivity index is 5.33. The molecule has 3 nitrogen and oxygen atoms in total. The van der Waals surface area contributed by atoms with Gasteiger partial charge >= 0.3 is 28.0 Å². The normalized spacial score (nSPS) is 15.4. The molecule has 13 heteroatoms. The van der Waals surface area contributed by atoms with Gasteiger partial charge in [-0.25, -0.2) is 4.18 Å². The van der Waals surface area contributed by atoms with Crippen molar-refractivity contribution < 1.29 is 52.1 Å². The van der Waals surface area contributed by atoms with Crippen LogP contribution in [0.2, 0.25) is 0 Å². The molecular formula is C4HF9O3S. The lowest BCUT2D eigenvalue weighted by atomic mass is 10.3. The first kappa shape index (κ1) is 16.3. The van der Waals surface area contributed by atoms with Crippen molar-refractivity contribution in [1.29, 1.82) is 0 Å². The summed E-state index contributed by atoms with van der Waals surface area (Å²) in [5.41, 5.74) is -6.39. The molecule has 0 aromatic rings. The minimum absolute atomic E-state index is 2.13. The lowest BCUT2D eigenvalue weighted by Gasteiger charge is -2.22. The maximum absolute atomic E-state index is 11.7. The van der Waals surface area contributed by atoms with E-state index in [9.17, 15) is 47.9 Å². The van der Waals surface area contributed by atoms with Gasteiger partial charge in [-0.2, -0.15) is 47.9 Å². The molecule has 0 bridgehead atoms. The molecule has 0 atom stereocenters. The fourth-order valence-electron chi connectivity index (χ4n) is 0.476. The second-order valence-corrected chi connectivity index (χ2v) is 4.02. The Morgan fingerprint density at radius 2 is 1.06 bits per heavy atom. The summed E-state index contributed by atoms with van der Waals surface area (Å²) < 4.78 is 127. The van der Waals surface area contributed by atoms with Crippen LogP contribution in [0.4, 0.5) is 39.5 Å². The van der Waals surface area contributed by atoms with E-state index in [1.165, 1.54) is 0 Å². The smallest absolute Gasteiger partial charge is 0.240 e. The van der Waals surface area contributed by atoms with Crippen molar-refractivity contribution in [2.75, 3.05) is 0 Å². The standard InChI is InChI=1S/C4HF9O3S/c5-2(6,7)1(3(8,9)10)16-17(14,15)4(11,12)13/h1H. The molecule has 0 aromatic carbocycles. The quantitative estimate of drug-likeness (QED) is 0.447. The van der Waals surface area contributed by atoms with Crippen molar-refractivity contribution in [2.24, 2.45) is 0 Å². The zero-order valence-corrected chi connectivity index (χ0v) is 7.93. The van der Waals surface area contributed by atoms with Crippen LogP contribution in [-0.2, 0) is 14.3 Å². The molecule has 0 amide bonds. The number of rotatable bonds is 2. The molecule has 0 spiro atoms. The number of hydrogen-bond donors (Lipinski definition) is 0. The van der Waals surface area contributed by atoms with Crippen molar-refractivity contribution in [3.63, 3.8) is 0 Å². The molecule has 0 N–H and O–H groups in total. The summed E-state index contributed by atoms with van der Waals surface area (Å²) in [5.74, 6) is 0. The molecule has 104 valence electrons. The molecule has 0 aliphatic carbocycles. The average molecular weight is 300 g/mol. The van der Waals surface area contributed by atoms with Crippen molar-refractivity contribution >= 4 is 10.1 Å². The van der Waals surface area contributed by atoms with Crippen LogP contribution >= 0.6 is 0 Å². The van der Waals surface area contributed by atoms with Crippen LogP contribution < -0.4 is 0 Å². The zero-order chi connectivity index (χ0) is 14.3. The van der Waals surface area contributed by atoms with Crippen LogP contribution in [0.5, 0.6) is 0 Å². The second-order valence-electron chi connectivity index (χ2n) is 2.46. The predicted molar refractivity (Wildman–Crippen MR) is 32.0 cm³/mol. The van der Waals surface area contributed by atoms with E-state index in [0.29, 0.717) is 0 Å². The molecule has 17 heavy (non-hydrogen) atoms. The lowest BCUT2D eigenvalue weighted by Crippen LogP contribution is -2.47. The minimum atomic E-state index is -7.00. The molecule has 0 aromatic heterocycles. The lowest BCUT2D eigenvalue weighted by molar-refractivity contribution is -0.300. The van der Waals surface area contributed by atoms with E-state index in [1.807, 2.05) is 0 Å². The summed E-state index contributed by atoms with van der Waals surface area (Å²) in [4.78, 5) is 0. The van der Waals surface area contributed by atoms with Gasteiger partial charge in [0.1, 0.15) is 0 Å². The summed E-state index contributed by atoms with van der Waals surface area (Å²) in [7, 11) is -7.00. The molecule has 0 heterocycles. The fraction of sp³-hybridized carbons (Fsp3) is 1.00. The van der Waals surface area contributed by atoms with Gasteiger partial charge in [0.25, 0.3) is 6.10 Å². The Hall–Kier alpha value is -0.720. The van der Waals surface area contributed by atoms with Gasteiger partial charge in [-0.1, -0.05) is 0 Å². The molecule has 0 saturated carbocycles. The molecule has 0 aliphatic rings. The largest absolute Gasteiger partial charge is 0.523 e. The number of halogens is 9. The molecule has 0 saturated heterocycles. The maximum atomic E-state index is 11.7. The minimum Gasteiger partial charge on any atom is -0.240 e. The van der Waals surface area contributed by atoms with Gasteiger partial charge < -0.3 is 0 Å². The van der Waals surface area contributed by atoms with Gasteiger partial charge in [0.05, 0.1) is 0 Å². The van der Waals surface area contributed by atoms with Gasteiger partial charge in [-0.05, 0) is 0 Å². The van der Waals surface area contributed by atoms with Crippen LogP contribution in [0.1, 0.15) is 0 Å². The van der Waals surface area contributed by atoms with Gasteiger partial charge in [0.15, 0.2) is 0 Å². The van der Waals surface area contributed by atoms with Crippen LogP contribution in [0.25, 0.3) is 0 Å².